The average molecular weight is 414 g/mol. The second-order valence-electron chi connectivity index (χ2n) is 8.67. The zero-order valence-electron chi connectivity index (χ0n) is 17.8. The Kier molecular flexibility index (Phi) is 8.51. The van der Waals surface area contributed by atoms with Crippen LogP contribution in [0.3, 0.4) is 0 Å². The minimum Gasteiger partial charge on any atom is -0.478 e. The summed E-state index contributed by atoms with van der Waals surface area (Å²) in [6.45, 7) is 2.00. The normalized spacial score (nSPS) is 21.5. The third-order valence-corrected chi connectivity index (χ3v) is 6.76. The second-order valence-corrected chi connectivity index (χ2v) is 8.67. The lowest BCUT2D eigenvalue weighted by Crippen LogP contribution is -2.38. The standard InChI is InChI=1S/C23H35BN2O4/c25-16-19(8-5-13-24(29)30)22(23(27)28)18-11-14-26(15-12-18)21-10-4-2-7-17-6-1-3-9-20(17)21/h1,3,6,9,18,21,29-30H,2,4-5,7-8,10-16,25H2,(H,27,28)/b22-19-. The fourth-order valence-electron chi connectivity index (χ4n) is 5.23. The first-order valence-electron chi connectivity index (χ1n) is 11.3. The number of piperidine rings is 1. The van der Waals surface area contributed by atoms with Crippen molar-refractivity contribution in [2.24, 2.45) is 11.7 Å². The number of hydrogen-bond donors (Lipinski definition) is 4. The van der Waals surface area contributed by atoms with Crippen molar-refractivity contribution in [3.05, 3.63) is 46.5 Å². The maximum absolute atomic E-state index is 12.1. The Balaban J connectivity index is 1.70. The molecule has 1 heterocycles. The number of nitrogens with zero attached hydrogens (tertiary/aromatic N) is 1. The molecule has 0 spiro atoms. The van der Waals surface area contributed by atoms with Gasteiger partial charge in [-0.15, -0.1) is 0 Å². The van der Waals surface area contributed by atoms with E-state index in [4.69, 9.17) is 15.8 Å². The summed E-state index contributed by atoms with van der Waals surface area (Å²) in [5, 5.41) is 28.0. The zero-order valence-corrected chi connectivity index (χ0v) is 17.8. The molecule has 1 fully saturated rings. The summed E-state index contributed by atoms with van der Waals surface area (Å²) in [6.07, 6.45) is 7.70. The highest BCUT2D eigenvalue weighted by molar-refractivity contribution is 6.40. The van der Waals surface area contributed by atoms with E-state index in [0.717, 1.165) is 37.9 Å². The maximum atomic E-state index is 12.1. The smallest absolute Gasteiger partial charge is 0.451 e. The van der Waals surface area contributed by atoms with Gasteiger partial charge in [-0.3, -0.25) is 4.90 Å². The van der Waals surface area contributed by atoms with E-state index in [1.54, 1.807) is 0 Å². The highest BCUT2D eigenvalue weighted by Gasteiger charge is 2.32. The number of rotatable bonds is 8. The van der Waals surface area contributed by atoms with Crippen LogP contribution in [-0.2, 0) is 11.2 Å². The summed E-state index contributed by atoms with van der Waals surface area (Å²) in [4.78, 5) is 14.6. The van der Waals surface area contributed by atoms with Gasteiger partial charge >= 0.3 is 13.1 Å². The van der Waals surface area contributed by atoms with Crippen molar-refractivity contribution in [1.82, 2.24) is 4.90 Å². The molecule has 0 amide bonds. The van der Waals surface area contributed by atoms with E-state index in [2.05, 4.69) is 29.2 Å². The SMILES string of the molecule is NC/C(CCCB(O)O)=C(\C(=O)O)C1CCN(C2CCCCc3ccccc32)CC1. The van der Waals surface area contributed by atoms with Crippen LogP contribution >= 0.6 is 0 Å². The van der Waals surface area contributed by atoms with Gasteiger partial charge in [-0.1, -0.05) is 37.1 Å². The van der Waals surface area contributed by atoms with Gasteiger partial charge in [-0.05, 0) is 80.6 Å². The molecule has 3 rings (SSSR count). The number of carboxylic acids is 1. The third-order valence-electron chi connectivity index (χ3n) is 6.76. The molecule has 0 saturated carbocycles. The van der Waals surface area contributed by atoms with E-state index in [1.807, 2.05) is 0 Å². The highest BCUT2D eigenvalue weighted by atomic mass is 16.4. The van der Waals surface area contributed by atoms with Gasteiger partial charge in [0, 0.05) is 18.2 Å². The maximum Gasteiger partial charge on any atom is 0.451 e. The van der Waals surface area contributed by atoms with Crippen molar-refractivity contribution >= 4 is 13.1 Å². The number of nitrogens with two attached hydrogens (primary N) is 1. The molecular formula is C23H35BN2O4. The molecular weight excluding hydrogens is 379 g/mol. The van der Waals surface area contributed by atoms with Gasteiger partial charge in [0.15, 0.2) is 0 Å². The quantitative estimate of drug-likeness (QED) is 0.296. The lowest BCUT2D eigenvalue weighted by atomic mass is 9.80. The molecule has 6 nitrogen and oxygen atoms in total. The highest BCUT2D eigenvalue weighted by Crippen LogP contribution is 2.37. The molecule has 1 saturated heterocycles. The van der Waals surface area contributed by atoms with Crippen LogP contribution in [0.4, 0.5) is 0 Å². The fraction of sp³-hybridized carbons (Fsp3) is 0.609. The average Bonchev–Trinajstić information content (AvgIpc) is 2.95. The molecule has 2 aliphatic rings. The van der Waals surface area contributed by atoms with E-state index < -0.39 is 13.1 Å². The van der Waals surface area contributed by atoms with Gasteiger partial charge in [0.2, 0.25) is 0 Å². The summed E-state index contributed by atoms with van der Waals surface area (Å²) in [7, 11) is -1.36. The van der Waals surface area contributed by atoms with E-state index >= 15 is 0 Å². The Labute approximate surface area is 179 Å². The van der Waals surface area contributed by atoms with Crippen LogP contribution < -0.4 is 5.73 Å². The summed E-state index contributed by atoms with van der Waals surface area (Å²) in [6, 6.07) is 9.21. The molecule has 5 N–H and O–H groups in total. The molecule has 1 aromatic carbocycles. The van der Waals surface area contributed by atoms with Crippen molar-refractivity contribution in [3.8, 4) is 0 Å². The van der Waals surface area contributed by atoms with Crippen molar-refractivity contribution in [2.45, 2.75) is 63.7 Å². The number of aryl methyl sites for hydroxylation is 1. The molecule has 1 aliphatic heterocycles. The third kappa shape index (κ3) is 5.73. The van der Waals surface area contributed by atoms with Crippen LogP contribution in [0.15, 0.2) is 35.4 Å². The minimum atomic E-state index is -1.36. The van der Waals surface area contributed by atoms with E-state index in [-0.39, 0.29) is 18.8 Å². The fourth-order valence-corrected chi connectivity index (χ4v) is 5.23. The first-order chi connectivity index (χ1) is 14.5. The minimum absolute atomic E-state index is 0.0115. The molecule has 7 heteroatoms. The van der Waals surface area contributed by atoms with Crippen molar-refractivity contribution in [3.63, 3.8) is 0 Å². The van der Waals surface area contributed by atoms with E-state index in [0.29, 0.717) is 24.5 Å². The first-order valence-corrected chi connectivity index (χ1v) is 11.3. The lowest BCUT2D eigenvalue weighted by Gasteiger charge is -2.38. The molecule has 0 aromatic heterocycles. The monoisotopic (exact) mass is 414 g/mol. The molecule has 1 atom stereocenters. The Hall–Kier alpha value is -1.67. The molecule has 1 aromatic rings. The Morgan fingerprint density at radius 2 is 1.87 bits per heavy atom. The number of carbonyl (C=O) groups is 1. The van der Waals surface area contributed by atoms with Crippen molar-refractivity contribution in [2.75, 3.05) is 19.6 Å². The molecule has 1 aliphatic carbocycles. The summed E-state index contributed by atoms with van der Waals surface area (Å²) < 4.78 is 0. The largest absolute Gasteiger partial charge is 0.478 e. The van der Waals surface area contributed by atoms with Crippen LogP contribution in [0.2, 0.25) is 6.32 Å². The number of aliphatic carboxylic acids is 1. The second kappa shape index (κ2) is 11.1. The molecule has 30 heavy (non-hydrogen) atoms. The number of carboxylic acid groups (broad SMARTS) is 1. The first kappa shape index (κ1) is 23.0. The van der Waals surface area contributed by atoms with Gasteiger partial charge in [-0.25, -0.2) is 4.79 Å². The molecule has 0 bridgehead atoms. The predicted octanol–water partition coefficient (Wildman–Crippen LogP) is 2.76. The number of benzene rings is 1. The van der Waals surface area contributed by atoms with Gasteiger partial charge in [-0.2, -0.15) is 0 Å². The van der Waals surface area contributed by atoms with E-state index in [9.17, 15) is 9.90 Å². The zero-order chi connectivity index (χ0) is 21.5. The molecule has 1 unspecified atom stereocenters. The Bertz CT molecular complexity index is 744. The topological polar surface area (TPSA) is 107 Å². The van der Waals surface area contributed by atoms with Crippen LogP contribution in [0.1, 0.15) is 62.1 Å². The molecule has 0 radical (unpaired) electrons. The van der Waals surface area contributed by atoms with E-state index in [1.165, 1.54) is 30.4 Å². The summed E-state index contributed by atoms with van der Waals surface area (Å²) >= 11 is 0. The Morgan fingerprint density at radius 1 is 1.13 bits per heavy atom. The van der Waals surface area contributed by atoms with Crippen molar-refractivity contribution in [1.29, 1.82) is 0 Å². The number of likely N-dealkylation sites (tertiary alicyclic amines) is 1. The van der Waals surface area contributed by atoms with Gasteiger partial charge in [0.25, 0.3) is 0 Å². The molecule has 164 valence electrons. The summed E-state index contributed by atoms with van der Waals surface area (Å²) in [5.41, 5.74) is 10.0. The van der Waals surface area contributed by atoms with Gasteiger partial charge in [0.05, 0.1) is 0 Å². The van der Waals surface area contributed by atoms with Gasteiger partial charge < -0.3 is 20.9 Å². The van der Waals surface area contributed by atoms with Crippen LogP contribution in [0.25, 0.3) is 0 Å². The number of fused-ring (bicyclic) bond motifs is 1. The van der Waals surface area contributed by atoms with Crippen LogP contribution in [0.5, 0.6) is 0 Å². The summed E-state index contributed by atoms with van der Waals surface area (Å²) in [5.74, 6) is -0.865. The van der Waals surface area contributed by atoms with Crippen molar-refractivity contribution < 1.29 is 19.9 Å². The van der Waals surface area contributed by atoms with Crippen LogP contribution in [-0.4, -0.2) is 52.8 Å². The van der Waals surface area contributed by atoms with Crippen LogP contribution in [0, 0.1) is 5.92 Å². The van der Waals surface area contributed by atoms with Gasteiger partial charge in [0.1, 0.15) is 0 Å². The number of hydrogen-bond acceptors (Lipinski definition) is 5. The Morgan fingerprint density at radius 3 is 2.53 bits per heavy atom. The predicted molar refractivity (Wildman–Crippen MR) is 119 cm³/mol. The lowest BCUT2D eigenvalue weighted by molar-refractivity contribution is -0.133.